The van der Waals surface area contributed by atoms with Crippen LogP contribution in [0.5, 0.6) is 0 Å². The molecule has 2 saturated carbocycles. The van der Waals surface area contributed by atoms with Crippen molar-refractivity contribution in [3.05, 3.63) is 12.7 Å². The lowest BCUT2D eigenvalue weighted by Gasteiger charge is -2.33. The molecule has 0 aromatic carbocycles. The Morgan fingerprint density at radius 1 is 0.694 bits per heavy atom. The average molecular weight is 509 g/mol. The molecule has 2 rings (SSSR count). The van der Waals surface area contributed by atoms with E-state index >= 15 is 0 Å². The number of ether oxygens (including phenoxy) is 4. The van der Waals surface area contributed by atoms with E-state index in [1.165, 1.54) is 39.2 Å². The summed E-state index contributed by atoms with van der Waals surface area (Å²) in [6, 6.07) is 0. The first-order chi connectivity index (χ1) is 17.4. The number of carbonyl (C=O) groups excluding carboxylic acids is 4. The van der Waals surface area contributed by atoms with Crippen LogP contribution < -0.4 is 0 Å². The van der Waals surface area contributed by atoms with Crippen molar-refractivity contribution in [3.63, 3.8) is 0 Å². The van der Waals surface area contributed by atoms with Crippen molar-refractivity contribution in [3.8, 4) is 0 Å². The van der Waals surface area contributed by atoms with Gasteiger partial charge >= 0.3 is 23.9 Å². The minimum Gasteiger partial charge on any atom is -0.469 e. The molecule has 8 heteroatoms. The van der Waals surface area contributed by atoms with Crippen LogP contribution in [-0.2, 0) is 38.1 Å². The molecule has 0 heterocycles. The van der Waals surface area contributed by atoms with Gasteiger partial charge in [0, 0.05) is 25.3 Å². The normalized spacial score (nSPS) is 23.8. The van der Waals surface area contributed by atoms with E-state index in [-0.39, 0.29) is 18.4 Å². The van der Waals surface area contributed by atoms with Gasteiger partial charge in [-0.2, -0.15) is 0 Å². The van der Waals surface area contributed by atoms with Crippen LogP contribution in [0.25, 0.3) is 0 Å². The van der Waals surface area contributed by atoms with Crippen molar-refractivity contribution in [1.29, 1.82) is 0 Å². The van der Waals surface area contributed by atoms with E-state index in [9.17, 15) is 19.2 Å². The average Bonchev–Trinajstić information content (AvgIpc) is 2.88. The zero-order chi connectivity index (χ0) is 26.2. The molecule has 0 bridgehead atoms. The largest absolute Gasteiger partial charge is 0.469 e. The number of hydrogen-bond donors (Lipinski definition) is 0. The summed E-state index contributed by atoms with van der Waals surface area (Å²) >= 11 is 0. The molecule has 8 nitrogen and oxygen atoms in total. The second-order valence-corrected chi connectivity index (χ2v) is 10.3. The third-order valence-electron chi connectivity index (χ3n) is 7.61. The van der Waals surface area contributed by atoms with Crippen molar-refractivity contribution in [2.75, 3.05) is 20.5 Å². The van der Waals surface area contributed by atoms with Gasteiger partial charge < -0.3 is 18.9 Å². The van der Waals surface area contributed by atoms with Gasteiger partial charge in [-0.05, 0) is 75.0 Å². The summed E-state index contributed by atoms with van der Waals surface area (Å²) in [5.41, 5.74) is 0. The van der Waals surface area contributed by atoms with Crippen LogP contribution in [0.1, 0.15) is 96.3 Å². The van der Waals surface area contributed by atoms with Crippen LogP contribution in [0.2, 0.25) is 0 Å². The highest BCUT2D eigenvalue weighted by molar-refractivity contribution is 5.81. The summed E-state index contributed by atoms with van der Waals surface area (Å²) in [7, 11) is 1.46. The van der Waals surface area contributed by atoms with Gasteiger partial charge in [-0.25, -0.2) is 4.79 Å². The van der Waals surface area contributed by atoms with Crippen LogP contribution in [0.15, 0.2) is 12.7 Å². The van der Waals surface area contributed by atoms with Gasteiger partial charge in [-0.3, -0.25) is 14.4 Å². The van der Waals surface area contributed by atoms with Crippen LogP contribution in [0.4, 0.5) is 0 Å². The molecule has 0 radical (unpaired) electrons. The van der Waals surface area contributed by atoms with E-state index in [2.05, 4.69) is 11.3 Å². The maximum absolute atomic E-state index is 12.2. The molecular weight excluding hydrogens is 464 g/mol. The molecule has 2 fully saturated rings. The van der Waals surface area contributed by atoms with Gasteiger partial charge in [0.05, 0.1) is 13.7 Å². The van der Waals surface area contributed by atoms with Crippen LogP contribution in [0.3, 0.4) is 0 Å². The Kier molecular flexibility index (Phi) is 14.2. The fourth-order valence-corrected chi connectivity index (χ4v) is 5.45. The van der Waals surface area contributed by atoms with E-state index in [1.807, 2.05) is 0 Å². The van der Waals surface area contributed by atoms with E-state index < -0.39 is 18.7 Å². The monoisotopic (exact) mass is 508 g/mol. The quantitative estimate of drug-likeness (QED) is 0.0968. The van der Waals surface area contributed by atoms with Gasteiger partial charge in [-0.15, -0.1) is 0 Å². The first-order valence-electron chi connectivity index (χ1n) is 13.6. The predicted molar refractivity (Wildman–Crippen MR) is 133 cm³/mol. The molecule has 2 aliphatic carbocycles. The molecule has 0 atom stereocenters. The number of hydrogen-bond acceptors (Lipinski definition) is 8. The van der Waals surface area contributed by atoms with E-state index in [0.717, 1.165) is 50.0 Å². The van der Waals surface area contributed by atoms with Gasteiger partial charge in [0.15, 0.2) is 0 Å². The zero-order valence-electron chi connectivity index (χ0n) is 21.9. The molecule has 0 saturated heterocycles. The number of carbonyl (C=O) groups is 4. The highest BCUT2D eigenvalue weighted by Gasteiger charge is 2.28. The Morgan fingerprint density at radius 2 is 1.25 bits per heavy atom. The van der Waals surface area contributed by atoms with Crippen LogP contribution in [-0.4, -0.2) is 44.4 Å². The third kappa shape index (κ3) is 12.5. The number of unbranched alkanes of at least 4 members (excludes halogenated alkanes) is 2. The molecular formula is C28H44O8. The fourth-order valence-electron chi connectivity index (χ4n) is 5.45. The molecule has 204 valence electrons. The predicted octanol–water partition coefficient (Wildman–Crippen LogP) is 5.28. The minimum atomic E-state index is -0.634. The Balaban J connectivity index is 1.45. The molecule has 0 aliphatic heterocycles. The number of rotatable bonds is 15. The smallest absolute Gasteiger partial charge is 0.333 e. The third-order valence-corrected chi connectivity index (χ3v) is 7.61. The first-order valence-corrected chi connectivity index (χ1v) is 13.6. The first kappa shape index (κ1) is 29.8. The Labute approximate surface area is 215 Å². The summed E-state index contributed by atoms with van der Waals surface area (Å²) in [5, 5.41) is 0. The topological polar surface area (TPSA) is 105 Å². The van der Waals surface area contributed by atoms with Crippen molar-refractivity contribution in [1.82, 2.24) is 0 Å². The summed E-state index contributed by atoms with van der Waals surface area (Å²) in [5.74, 6) is 1.20. The molecule has 0 aromatic heterocycles. The highest BCUT2D eigenvalue weighted by Crippen LogP contribution is 2.39. The van der Waals surface area contributed by atoms with Gasteiger partial charge in [-0.1, -0.05) is 32.3 Å². The fraction of sp³-hybridized carbons (Fsp3) is 0.786. The van der Waals surface area contributed by atoms with E-state index in [0.29, 0.717) is 44.1 Å². The van der Waals surface area contributed by atoms with Crippen molar-refractivity contribution < 1.29 is 38.1 Å². The molecule has 0 amide bonds. The lowest BCUT2D eigenvalue weighted by molar-refractivity contribution is -0.164. The molecule has 36 heavy (non-hydrogen) atoms. The molecule has 0 N–H and O–H groups in total. The van der Waals surface area contributed by atoms with Gasteiger partial charge in [0.2, 0.25) is 6.79 Å². The number of methoxy groups -OCH3 is 1. The lowest BCUT2D eigenvalue weighted by atomic mass is 9.72. The summed E-state index contributed by atoms with van der Waals surface area (Å²) in [6.07, 6.45) is 15.0. The maximum atomic E-state index is 12.2. The lowest BCUT2D eigenvalue weighted by Crippen LogP contribution is -2.23. The van der Waals surface area contributed by atoms with Crippen molar-refractivity contribution >= 4 is 23.9 Å². The Hall–Kier alpha value is -2.38. The molecule has 2 aliphatic rings. The second kappa shape index (κ2) is 17.1. The summed E-state index contributed by atoms with van der Waals surface area (Å²) in [6.45, 7) is 3.23. The maximum Gasteiger partial charge on any atom is 0.333 e. The van der Waals surface area contributed by atoms with Crippen LogP contribution >= 0.6 is 0 Å². The van der Waals surface area contributed by atoms with E-state index in [1.54, 1.807) is 0 Å². The van der Waals surface area contributed by atoms with Crippen molar-refractivity contribution in [2.24, 2.45) is 23.7 Å². The molecule has 0 aromatic rings. The zero-order valence-corrected chi connectivity index (χ0v) is 21.9. The van der Waals surface area contributed by atoms with Crippen LogP contribution in [0, 0.1) is 23.7 Å². The van der Waals surface area contributed by atoms with Gasteiger partial charge in [0.1, 0.15) is 0 Å². The van der Waals surface area contributed by atoms with Gasteiger partial charge in [0.25, 0.3) is 0 Å². The second-order valence-electron chi connectivity index (χ2n) is 10.3. The number of esters is 4. The van der Waals surface area contributed by atoms with Crippen molar-refractivity contribution in [2.45, 2.75) is 96.3 Å². The minimum absolute atomic E-state index is 0.0840. The Morgan fingerprint density at radius 3 is 1.81 bits per heavy atom. The standard InChI is InChI=1S/C28H44O8/c1-3-25(29)35-20-36-26(30)7-5-4-6-16-34-28(32)19-24-14-10-22(11-15-24)17-21-8-12-23(13-9-21)18-27(31)33-2/h3,21-24H,1,4-20H2,2H3. The molecule has 0 spiro atoms. The SMILES string of the molecule is C=CC(=O)OCOC(=O)CCCCCOC(=O)CC1CCC(CC2CCC(CC(=O)OC)CC2)CC1. The summed E-state index contributed by atoms with van der Waals surface area (Å²) < 4.78 is 19.6. The Bertz CT molecular complexity index is 702. The molecule has 0 unspecified atom stereocenters. The highest BCUT2D eigenvalue weighted by atomic mass is 16.7. The van der Waals surface area contributed by atoms with E-state index in [4.69, 9.17) is 14.2 Å². The summed E-state index contributed by atoms with van der Waals surface area (Å²) in [4.78, 5) is 46.1.